The number of amides is 2. The van der Waals surface area contributed by atoms with Crippen LogP contribution in [0.5, 0.6) is 0 Å². The van der Waals surface area contributed by atoms with E-state index in [2.05, 4.69) is 26.5 Å². The summed E-state index contributed by atoms with van der Waals surface area (Å²) in [5.41, 5.74) is 11.9. The molecule has 3 rings (SSSR count). The number of carbonyl (C=O) groups excluding carboxylic acids is 1. The van der Waals surface area contributed by atoms with Gasteiger partial charge in [-0.05, 0) is 42.0 Å². The molecule has 0 spiro atoms. The lowest BCUT2D eigenvalue weighted by molar-refractivity contribution is 0.251. The van der Waals surface area contributed by atoms with Crippen LogP contribution in [0.4, 0.5) is 26.2 Å². The Balaban J connectivity index is 1.59. The summed E-state index contributed by atoms with van der Waals surface area (Å²) in [5, 5.41) is 23.2. The second-order valence-electron chi connectivity index (χ2n) is 7.26. The first-order chi connectivity index (χ1) is 16.5. The third-order valence-corrected chi connectivity index (χ3v) is 4.78. The zero-order valence-corrected chi connectivity index (χ0v) is 18.7. The summed E-state index contributed by atoms with van der Waals surface area (Å²) in [5.74, 6) is -0.473. The smallest absolute Gasteiger partial charge is 0.319 e. The SMILES string of the molecule is CN/N=C(/C(O)=C/CNc1cc(F)ccc1N)c1ccc(CNC(=O)Nc2ccccc2)cc1. The lowest BCUT2D eigenvalue weighted by Gasteiger charge is -2.10. The molecular formula is C25H27FN6O2. The Labute approximate surface area is 197 Å². The van der Waals surface area contributed by atoms with Crippen LogP contribution in [0.1, 0.15) is 11.1 Å². The minimum atomic E-state index is -0.408. The van der Waals surface area contributed by atoms with Crippen LogP contribution < -0.4 is 27.1 Å². The van der Waals surface area contributed by atoms with Gasteiger partial charge in [0.05, 0.1) is 11.4 Å². The van der Waals surface area contributed by atoms with E-state index >= 15 is 0 Å². The fraction of sp³-hybridized carbons (Fsp3) is 0.120. The van der Waals surface area contributed by atoms with Crippen LogP contribution in [0.15, 0.2) is 89.7 Å². The van der Waals surface area contributed by atoms with E-state index in [-0.39, 0.29) is 18.3 Å². The molecule has 0 aromatic heterocycles. The number of nitrogens with one attached hydrogen (secondary N) is 4. The average Bonchev–Trinajstić information content (AvgIpc) is 2.84. The minimum absolute atomic E-state index is 0.0649. The first-order valence-electron chi connectivity index (χ1n) is 10.6. The van der Waals surface area contributed by atoms with E-state index < -0.39 is 5.82 Å². The van der Waals surface area contributed by atoms with Gasteiger partial charge < -0.3 is 32.2 Å². The van der Waals surface area contributed by atoms with Crippen LogP contribution >= 0.6 is 0 Å². The molecule has 176 valence electrons. The molecule has 9 heteroatoms. The molecule has 0 unspecified atom stereocenters. The van der Waals surface area contributed by atoms with Crippen LogP contribution in [0.25, 0.3) is 0 Å². The first kappa shape index (κ1) is 24.1. The van der Waals surface area contributed by atoms with Crippen LogP contribution in [0.3, 0.4) is 0 Å². The fourth-order valence-electron chi connectivity index (χ4n) is 3.08. The first-order valence-corrected chi connectivity index (χ1v) is 10.6. The van der Waals surface area contributed by atoms with Crippen molar-refractivity contribution in [3.05, 3.63) is 102 Å². The monoisotopic (exact) mass is 462 g/mol. The topological polar surface area (TPSA) is 124 Å². The van der Waals surface area contributed by atoms with Crippen molar-refractivity contribution >= 4 is 28.8 Å². The number of nitrogen functional groups attached to an aromatic ring is 1. The number of hydrazone groups is 1. The van der Waals surface area contributed by atoms with Crippen LogP contribution in [0.2, 0.25) is 0 Å². The lowest BCUT2D eigenvalue weighted by atomic mass is 10.1. The van der Waals surface area contributed by atoms with Gasteiger partial charge in [0, 0.05) is 31.4 Å². The molecule has 0 saturated heterocycles. The Kier molecular flexibility index (Phi) is 8.45. The van der Waals surface area contributed by atoms with Crippen molar-refractivity contribution in [2.45, 2.75) is 6.54 Å². The van der Waals surface area contributed by atoms with Crippen LogP contribution in [-0.2, 0) is 6.54 Å². The summed E-state index contributed by atoms with van der Waals surface area (Å²) in [6.07, 6.45) is 1.52. The van der Waals surface area contributed by atoms with Crippen molar-refractivity contribution in [2.75, 3.05) is 30.0 Å². The highest BCUT2D eigenvalue weighted by atomic mass is 19.1. The number of nitrogens with zero attached hydrogens (tertiary/aromatic N) is 1. The molecule has 0 aliphatic heterocycles. The maximum Gasteiger partial charge on any atom is 0.319 e. The number of aliphatic hydroxyl groups is 1. The van der Waals surface area contributed by atoms with Crippen molar-refractivity contribution in [1.29, 1.82) is 0 Å². The number of nitrogens with two attached hydrogens (primary N) is 1. The van der Waals surface area contributed by atoms with Gasteiger partial charge >= 0.3 is 6.03 Å². The molecular weight excluding hydrogens is 435 g/mol. The van der Waals surface area contributed by atoms with E-state index in [1.165, 1.54) is 24.3 Å². The van der Waals surface area contributed by atoms with Gasteiger partial charge in [0.15, 0.2) is 0 Å². The molecule has 7 N–H and O–H groups in total. The summed E-state index contributed by atoms with van der Waals surface area (Å²) < 4.78 is 13.4. The van der Waals surface area contributed by atoms with Gasteiger partial charge in [0.1, 0.15) is 17.3 Å². The molecule has 34 heavy (non-hydrogen) atoms. The Morgan fingerprint density at radius 1 is 1.09 bits per heavy atom. The Morgan fingerprint density at radius 3 is 2.53 bits per heavy atom. The van der Waals surface area contributed by atoms with Crippen molar-refractivity contribution < 1.29 is 14.3 Å². The number of hydrogen-bond donors (Lipinski definition) is 6. The number of anilines is 3. The average molecular weight is 463 g/mol. The van der Waals surface area contributed by atoms with Crippen molar-refractivity contribution in [3.63, 3.8) is 0 Å². The second kappa shape index (κ2) is 11.9. The highest BCUT2D eigenvalue weighted by Crippen LogP contribution is 2.19. The lowest BCUT2D eigenvalue weighted by Crippen LogP contribution is -2.28. The van der Waals surface area contributed by atoms with Crippen molar-refractivity contribution in [2.24, 2.45) is 5.10 Å². The van der Waals surface area contributed by atoms with Gasteiger partial charge in [-0.2, -0.15) is 5.10 Å². The molecule has 0 saturated carbocycles. The number of allylic oxidation sites excluding steroid dienone is 1. The number of carbonyl (C=O) groups is 1. The third-order valence-electron chi connectivity index (χ3n) is 4.78. The highest BCUT2D eigenvalue weighted by Gasteiger charge is 2.10. The Morgan fingerprint density at radius 2 is 1.82 bits per heavy atom. The fourth-order valence-corrected chi connectivity index (χ4v) is 3.08. The molecule has 0 aliphatic carbocycles. The number of aliphatic hydroxyl groups excluding tert-OH is 1. The van der Waals surface area contributed by atoms with Gasteiger partial charge in [0.2, 0.25) is 0 Å². The zero-order valence-electron chi connectivity index (χ0n) is 18.7. The Bertz CT molecular complexity index is 1160. The minimum Gasteiger partial charge on any atom is -0.506 e. The normalized spacial score (nSPS) is 11.6. The molecule has 0 atom stereocenters. The summed E-state index contributed by atoms with van der Waals surface area (Å²) in [6.45, 7) is 0.541. The van der Waals surface area contributed by atoms with E-state index in [1.54, 1.807) is 31.3 Å². The number of para-hydroxylation sites is 1. The van der Waals surface area contributed by atoms with E-state index in [0.717, 1.165) is 5.56 Å². The van der Waals surface area contributed by atoms with Crippen LogP contribution in [-0.4, -0.2) is 30.4 Å². The molecule has 3 aromatic carbocycles. The Hall–Kier alpha value is -4.53. The molecule has 8 nitrogen and oxygen atoms in total. The summed E-state index contributed by atoms with van der Waals surface area (Å²) in [4.78, 5) is 12.1. The number of halogens is 1. The molecule has 0 heterocycles. The number of rotatable bonds is 9. The molecule has 0 fully saturated rings. The predicted octanol–water partition coefficient (Wildman–Crippen LogP) is 4.21. The van der Waals surface area contributed by atoms with Gasteiger partial charge in [-0.25, -0.2) is 9.18 Å². The van der Waals surface area contributed by atoms with Crippen molar-refractivity contribution in [3.8, 4) is 0 Å². The summed E-state index contributed by atoms with van der Waals surface area (Å²) in [7, 11) is 1.63. The largest absolute Gasteiger partial charge is 0.506 e. The van der Waals surface area contributed by atoms with Gasteiger partial charge in [-0.3, -0.25) is 0 Å². The van der Waals surface area contributed by atoms with Gasteiger partial charge in [0.25, 0.3) is 0 Å². The van der Waals surface area contributed by atoms with E-state index in [0.29, 0.717) is 34.9 Å². The summed E-state index contributed by atoms with van der Waals surface area (Å²) >= 11 is 0. The number of benzene rings is 3. The van der Waals surface area contributed by atoms with E-state index in [1.807, 2.05) is 30.3 Å². The second-order valence-corrected chi connectivity index (χ2v) is 7.26. The predicted molar refractivity (Wildman–Crippen MR) is 134 cm³/mol. The molecule has 2 amide bonds. The maximum absolute atomic E-state index is 13.4. The quantitative estimate of drug-likeness (QED) is 0.123. The highest BCUT2D eigenvalue weighted by molar-refractivity contribution is 6.11. The van der Waals surface area contributed by atoms with Gasteiger partial charge in [-0.15, -0.1) is 0 Å². The van der Waals surface area contributed by atoms with E-state index in [4.69, 9.17) is 5.73 Å². The zero-order chi connectivity index (χ0) is 24.3. The molecule has 0 aliphatic rings. The van der Waals surface area contributed by atoms with Crippen LogP contribution in [0, 0.1) is 5.82 Å². The van der Waals surface area contributed by atoms with E-state index in [9.17, 15) is 14.3 Å². The number of hydrogen-bond acceptors (Lipinski definition) is 6. The van der Waals surface area contributed by atoms with Crippen molar-refractivity contribution in [1.82, 2.24) is 10.7 Å². The standard InChI is InChI=1S/C25H27FN6O2/c1-28-32-24(23(33)13-14-29-22-15-19(26)11-12-21(22)27)18-9-7-17(8-10-18)16-30-25(34)31-20-5-3-2-4-6-20/h2-13,15,28-29,33H,14,16,27H2,1H3,(H2,30,31,34)/b23-13-,32-24+. The molecule has 0 radical (unpaired) electrons. The molecule has 0 bridgehead atoms. The number of urea groups is 1. The summed E-state index contributed by atoms with van der Waals surface area (Å²) in [6, 6.07) is 20.2. The third kappa shape index (κ3) is 6.99. The van der Waals surface area contributed by atoms with Gasteiger partial charge in [-0.1, -0.05) is 42.5 Å². The maximum atomic E-state index is 13.4. The molecule has 3 aromatic rings.